The van der Waals surface area contributed by atoms with E-state index in [1.165, 1.54) is 27.5 Å². The number of hydrogen-bond acceptors (Lipinski definition) is 6. The van der Waals surface area contributed by atoms with Crippen LogP contribution in [0.3, 0.4) is 0 Å². The molecule has 75 heavy (non-hydrogen) atoms. The van der Waals surface area contributed by atoms with Crippen LogP contribution in [0.25, 0.3) is 0 Å². The molecule has 11 aromatic rings. The number of hydrogen-bond donors (Lipinski definition) is 0. The van der Waals surface area contributed by atoms with Crippen LogP contribution < -0.4 is 62.0 Å². The van der Waals surface area contributed by atoms with E-state index in [2.05, 4.69) is 298 Å². The Kier molecular flexibility index (Phi) is 9.89. The van der Waals surface area contributed by atoms with Crippen molar-refractivity contribution in [3.63, 3.8) is 0 Å². The first-order valence-corrected chi connectivity index (χ1v) is 25.8. The third-order valence-corrected chi connectivity index (χ3v) is 15.6. The average Bonchev–Trinajstić information content (AvgIpc) is 3.48. The SMILES string of the molecule is CN1c2cc3c(cc2B2c4ccccc4N(c4ccccc4)c4cc(N(c5ccccc5)c5ccccc5)cc1c42)B1c2ccccc2N(c2ccccc2)c2cc(N(c4ccccc4)c4ccccc4)cc(c21)O3. The van der Waals surface area contributed by atoms with E-state index in [0.29, 0.717) is 0 Å². The van der Waals surface area contributed by atoms with E-state index in [-0.39, 0.29) is 13.4 Å². The lowest BCUT2D eigenvalue weighted by Gasteiger charge is -2.45. The van der Waals surface area contributed by atoms with Gasteiger partial charge in [0.15, 0.2) is 0 Å². The zero-order valence-electron chi connectivity index (χ0n) is 41.2. The Morgan fingerprint density at radius 1 is 0.293 bits per heavy atom. The highest BCUT2D eigenvalue weighted by molar-refractivity contribution is 7.02. The minimum absolute atomic E-state index is 0.0770. The minimum atomic E-state index is -0.116. The Labute approximate surface area is 438 Å². The van der Waals surface area contributed by atoms with Crippen LogP contribution in [0.2, 0.25) is 0 Å². The normalized spacial score (nSPS) is 13.1. The zero-order chi connectivity index (χ0) is 49.6. The molecule has 15 rings (SSSR count). The van der Waals surface area contributed by atoms with Crippen molar-refractivity contribution < 1.29 is 4.74 Å². The van der Waals surface area contributed by atoms with Gasteiger partial charge in [0, 0.05) is 87.4 Å². The number of benzene rings is 11. The average molecular weight is 960 g/mol. The third-order valence-electron chi connectivity index (χ3n) is 15.6. The molecule has 0 radical (unpaired) electrons. The smallest absolute Gasteiger partial charge is 0.256 e. The summed E-state index contributed by atoms with van der Waals surface area (Å²) in [6.07, 6.45) is 0. The van der Waals surface area contributed by atoms with Gasteiger partial charge in [0.05, 0.1) is 11.4 Å². The monoisotopic (exact) mass is 959 g/mol. The zero-order valence-corrected chi connectivity index (χ0v) is 41.2. The van der Waals surface area contributed by atoms with Crippen LogP contribution in [0.4, 0.5) is 79.6 Å². The van der Waals surface area contributed by atoms with Gasteiger partial charge in [-0.3, -0.25) is 0 Å². The molecule has 0 saturated carbocycles. The van der Waals surface area contributed by atoms with E-state index < -0.39 is 0 Å². The largest absolute Gasteiger partial charge is 0.458 e. The highest BCUT2D eigenvalue weighted by atomic mass is 16.5. The van der Waals surface area contributed by atoms with Crippen molar-refractivity contribution in [2.75, 3.05) is 31.5 Å². The number of nitrogens with zero attached hydrogens (tertiary/aromatic N) is 5. The number of ether oxygens (including phenoxy) is 1. The summed E-state index contributed by atoms with van der Waals surface area (Å²) in [6, 6.07) is 96.7. The van der Waals surface area contributed by atoms with Crippen LogP contribution in [-0.4, -0.2) is 20.5 Å². The maximum atomic E-state index is 7.52. The van der Waals surface area contributed by atoms with Crippen LogP contribution in [-0.2, 0) is 0 Å². The number of anilines is 14. The minimum Gasteiger partial charge on any atom is -0.458 e. The number of fused-ring (bicyclic) bond motifs is 8. The van der Waals surface area contributed by atoms with E-state index in [4.69, 9.17) is 4.74 Å². The second-order valence-corrected chi connectivity index (χ2v) is 19.7. The van der Waals surface area contributed by atoms with E-state index in [9.17, 15) is 0 Å². The Morgan fingerprint density at radius 2 is 0.680 bits per heavy atom. The van der Waals surface area contributed by atoms with Gasteiger partial charge >= 0.3 is 0 Å². The van der Waals surface area contributed by atoms with Gasteiger partial charge in [0.25, 0.3) is 13.4 Å². The summed E-state index contributed by atoms with van der Waals surface area (Å²) in [5, 5.41) is 0. The van der Waals surface area contributed by atoms with Crippen LogP contribution in [0.5, 0.6) is 11.5 Å². The lowest BCUT2D eigenvalue weighted by Crippen LogP contribution is -2.64. The Hall–Kier alpha value is -9.65. The van der Waals surface area contributed by atoms with E-state index in [0.717, 1.165) is 96.4 Å². The molecule has 0 N–H and O–H groups in total. The molecule has 11 aromatic carbocycles. The van der Waals surface area contributed by atoms with E-state index in [1.807, 2.05) is 0 Å². The lowest BCUT2D eigenvalue weighted by molar-refractivity contribution is 0.488. The van der Waals surface area contributed by atoms with Gasteiger partial charge in [-0.25, -0.2) is 0 Å². The molecule has 0 atom stereocenters. The number of para-hydroxylation sites is 8. The molecule has 0 fully saturated rings. The Morgan fingerprint density at radius 3 is 1.16 bits per heavy atom. The molecule has 8 heteroatoms. The maximum Gasteiger partial charge on any atom is 0.256 e. The number of rotatable bonds is 8. The first-order chi connectivity index (χ1) is 37.2. The van der Waals surface area contributed by atoms with E-state index >= 15 is 0 Å². The second-order valence-electron chi connectivity index (χ2n) is 19.7. The third kappa shape index (κ3) is 6.76. The topological polar surface area (TPSA) is 25.4 Å². The fraction of sp³-hybridized carbons (Fsp3) is 0.0149. The van der Waals surface area contributed by atoms with Gasteiger partial charge in [-0.05, 0) is 136 Å². The van der Waals surface area contributed by atoms with Gasteiger partial charge in [0.2, 0.25) is 0 Å². The van der Waals surface area contributed by atoms with Crippen molar-refractivity contribution >= 4 is 126 Å². The van der Waals surface area contributed by atoms with Crippen LogP contribution in [0.15, 0.2) is 267 Å². The molecule has 0 aliphatic carbocycles. The summed E-state index contributed by atoms with van der Waals surface area (Å²) in [5.74, 6) is 1.71. The summed E-state index contributed by atoms with van der Waals surface area (Å²) >= 11 is 0. The van der Waals surface area contributed by atoms with Gasteiger partial charge < -0.3 is 29.2 Å². The summed E-state index contributed by atoms with van der Waals surface area (Å²) in [4.78, 5) is 12.1. The van der Waals surface area contributed by atoms with E-state index in [1.54, 1.807) is 0 Å². The first-order valence-electron chi connectivity index (χ1n) is 25.8. The Bertz CT molecular complexity index is 3900. The molecule has 4 aliphatic heterocycles. The quantitative estimate of drug-likeness (QED) is 0.141. The fourth-order valence-corrected chi connectivity index (χ4v) is 12.5. The van der Waals surface area contributed by atoms with Crippen molar-refractivity contribution in [1.29, 1.82) is 0 Å². The molecule has 4 aliphatic rings. The molecule has 0 saturated heterocycles. The molecule has 0 unspecified atom stereocenters. The predicted molar refractivity (Wildman–Crippen MR) is 316 cm³/mol. The molecular weight excluding hydrogens is 912 g/mol. The fourth-order valence-electron chi connectivity index (χ4n) is 12.5. The standard InChI is InChI=1S/C67H47B2N5O/c1-70-60-45-64-57(69-55-37-21-23-39-59(55)74(51-34-18-7-19-35-51)63-42-53(43-65(75-64)67(63)69)72(48-28-12-4-13-29-48)49-30-14-5-15-31-49)44-56(60)68-54-36-20-22-38-58(54)73(50-32-16-6-17-33-50)62-41-52(40-61(70)66(62)68)71(46-24-8-2-9-25-46)47-26-10-3-11-27-47/h2-45H,1H3. The van der Waals surface area contributed by atoms with Crippen molar-refractivity contribution in [3.05, 3.63) is 267 Å². The van der Waals surface area contributed by atoms with Crippen molar-refractivity contribution in [2.45, 2.75) is 0 Å². The summed E-state index contributed by atoms with van der Waals surface area (Å²) in [5.41, 5.74) is 22.8. The summed E-state index contributed by atoms with van der Waals surface area (Å²) < 4.78 is 7.52. The molecule has 0 aromatic heterocycles. The molecule has 0 spiro atoms. The Balaban J connectivity index is 0.980. The van der Waals surface area contributed by atoms with Crippen LogP contribution in [0.1, 0.15) is 0 Å². The molecule has 0 bridgehead atoms. The maximum absolute atomic E-state index is 7.52. The molecule has 6 nitrogen and oxygen atoms in total. The van der Waals surface area contributed by atoms with Crippen LogP contribution in [0, 0.1) is 0 Å². The van der Waals surface area contributed by atoms with Gasteiger partial charge in [0.1, 0.15) is 11.5 Å². The van der Waals surface area contributed by atoms with Gasteiger partial charge in [-0.1, -0.05) is 152 Å². The lowest BCUT2D eigenvalue weighted by atomic mass is 9.30. The first kappa shape index (κ1) is 43.0. The molecule has 0 amide bonds. The summed E-state index contributed by atoms with van der Waals surface area (Å²) in [7, 11) is 2.24. The van der Waals surface area contributed by atoms with Crippen molar-refractivity contribution in [1.82, 2.24) is 0 Å². The molecule has 4 heterocycles. The second kappa shape index (κ2) is 17.3. The molecule has 352 valence electrons. The van der Waals surface area contributed by atoms with Gasteiger partial charge in [-0.15, -0.1) is 0 Å². The van der Waals surface area contributed by atoms with Crippen molar-refractivity contribution in [3.8, 4) is 11.5 Å². The molecular formula is C67H47B2N5O. The van der Waals surface area contributed by atoms with Crippen molar-refractivity contribution in [2.24, 2.45) is 0 Å². The highest BCUT2D eigenvalue weighted by Gasteiger charge is 2.47. The summed E-state index contributed by atoms with van der Waals surface area (Å²) in [6.45, 7) is -0.193. The highest BCUT2D eigenvalue weighted by Crippen LogP contribution is 2.49. The predicted octanol–water partition coefficient (Wildman–Crippen LogP) is 13.4. The van der Waals surface area contributed by atoms with Gasteiger partial charge in [-0.2, -0.15) is 0 Å². The van der Waals surface area contributed by atoms with Crippen LogP contribution >= 0.6 is 0 Å².